The Bertz CT molecular complexity index is 1420. The van der Waals surface area contributed by atoms with E-state index in [0.29, 0.717) is 11.6 Å². The molecular weight excluding hydrogens is 526 g/mol. The number of aryl methyl sites for hydroxylation is 1. The van der Waals surface area contributed by atoms with Crippen LogP contribution < -0.4 is 10.3 Å². The largest absolute Gasteiger partial charge is 0.473 e. The summed E-state index contributed by atoms with van der Waals surface area (Å²) in [5.74, 6) is -2.65. The van der Waals surface area contributed by atoms with Gasteiger partial charge in [-0.05, 0) is 52.7 Å². The topological polar surface area (TPSA) is 105 Å². The lowest BCUT2D eigenvalue weighted by Crippen LogP contribution is -2.24. The molecule has 2 aromatic carbocycles. The molecule has 0 amide bonds. The summed E-state index contributed by atoms with van der Waals surface area (Å²) in [5, 5.41) is -0.657. The van der Waals surface area contributed by atoms with Crippen LogP contribution in [0.15, 0.2) is 50.8 Å². The molecule has 8 nitrogen and oxygen atoms in total. The standard InChI is InChI=1S/C21H17BrF2N2O6S/c1-11-4-5-12(20(28)31-2)8-16(11)26-19(17(22)18(27)25-21(26)33(3,29)30)32-10-13-6-7-14(23)9-15(13)24/h4-9H,10H2,1-3H3. The van der Waals surface area contributed by atoms with Crippen LogP contribution in [0.5, 0.6) is 5.88 Å². The van der Waals surface area contributed by atoms with Crippen LogP contribution in [0.2, 0.25) is 0 Å². The molecule has 0 saturated heterocycles. The normalized spacial score (nSPS) is 11.3. The summed E-state index contributed by atoms with van der Waals surface area (Å²) in [6, 6.07) is 7.22. The predicted octanol–water partition coefficient (Wildman–Crippen LogP) is 3.35. The van der Waals surface area contributed by atoms with Crippen molar-refractivity contribution in [2.75, 3.05) is 13.4 Å². The van der Waals surface area contributed by atoms with Crippen LogP contribution in [-0.4, -0.2) is 37.3 Å². The van der Waals surface area contributed by atoms with Crippen molar-refractivity contribution in [3.63, 3.8) is 0 Å². The van der Waals surface area contributed by atoms with E-state index in [4.69, 9.17) is 9.47 Å². The van der Waals surface area contributed by atoms with Crippen molar-refractivity contribution in [1.82, 2.24) is 9.55 Å². The number of methoxy groups -OCH3 is 1. The van der Waals surface area contributed by atoms with E-state index in [1.54, 1.807) is 13.0 Å². The van der Waals surface area contributed by atoms with Gasteiger partial charge in [-0.1, -0.05) is 6.07 Å². The Hall–Kier alpha value is -3.12. The molecule has 174 valence electrons. The Kier molecular flexibility index (Phi) is 6.98. The van der Waals surface area contributed by atoms with E-state index >= 15 is 0 Å². The van der Waals surface area contributed by atoms with Crippen LogP contribution in [0, 0.1) is 18.6 Å². The van der Waals surface area contributed by atoms with Gasteiger partial charge in [0.1, 0.15) is 22.7 Å². The Morgan fingerprint density at radius 2 is 1.88 bits per heavy atom. The highest BCUT2D eigenvalue weighted by molar-refractivity contribution is 9.10. The molecule has 3 aromatic rings. The van der Waals surface area contributed by atoms with Gasteiger partial charge in [0.15, 0.2) is 0 Å². The lowest BCUT2D eigenvalue weighted by Gasteiger charge is -2.20. The van der Waals surface area contributed by atoms with E-state index in [2.05, 4.69) is 20.9 Å². The van der Waals surface area contributed by atoms with Crippen LogP contribution in [0.1, 0.15) is 21.5 Å². The molecule has 0 spiro atoms. The fourth-order valence-corrected chi connectivity index (χ4v) is 4.07. The van der Waals surface area contributed by atoms with Crippen molar-refractivity contribution in [3.8, 4) is 11.6 Å². The molecule has 0 unspecified atom stereocenters. The molecule has 0 aliphatic carbocycles. The van der Waals surface area contributed by atoms with Crippen molar-refractivity contribution < 1.29 is 31.5 Å². The fraction of sp³-hybridized carbons (Fsp3) is 0.190. The van der Waals surface area contributed by atoms with Crippen molar-refractivity contribution in [2.45, 2.75) is 18.7 Å². The van der Waals surface area contributed by atoms with Crippen LogP contribution in [0.4, 0.5) is 8.78 Å². The van der Waals surface area contributed by atoms with Gasteiger partial charge in [-0.15, -0.1) is 0 Å². The molecule has 3 rings (SSSR count). The van der Waals surface area contributed by atoms with Gasteiger partial charge in [0.2, 0.25) is 20.9 Å². The lowest BCUT2D eigenvalue weighted by molar-refractivity contribution is 0.0600. The Balaban J connectivity index is 2.29. The molecule has 1 aromatic heterocycles. The smallest absolute Gasteiger partial charge is 0.337 e. The van der Waals surface area contributed by atoms with Crippen LogP contribution >= 0.6 is 15.9 Å². The minimum atomic E-state index is -4.08. The highest BCUT2D eigenvalue weighted by atomic mass is 79.9. The number of aromatic nitrogens is 2. The Labute approximate surface area is 195 Å². The van der Waals surface area contributed by atoms with Crippen molar-refractivity contribution >= 4 is 31.7 Å². The first kappa shape index (κ1) is 24.5. The number of carbonyl (C=O) groups excluding carboxylic acids is 1. The van der Waals surface area contributed by atoms with E-state index < -0.39 is 44.8 Å². The van der Waals surface area contributed by atoms with Gasteiger partial charge in [0, 0.05) is 17.9 Å². The maximum atomic E-state index is 14.1. The van der Waals surface area contributed by atoms with Crippen molar-refractivity contribution in [2.24, 2.45) is 0 Å². The summed E-state index contributed by atoms with van der Waals surface area (Å²) in [5.41, 5.74) is -0.227. The molecular formula is C21H17BrF2N2O6S. The highest BCUT2D eigenvalue weighted by Crippen LogP contribution is 2.31. The zero-order valence-electron chi connectivity index (χ0n) is 17.6. The third-order valence-electron chi connectivity index (χ3n) is 4.55. The quantitative estimate of drug-likeness (QED) is 0.347. The van der Waals surface area contributed by atoms with E-state index in [9.17, 15) is 26.8 Å². The minimum Gasteiger partial charge on any atom is -0.473 e. The van der Waals surface area contributed by atoms with Crippen LogP contribution in [0.25, 0.3) is 5.69 Å². The lowest BCUT2D eigenvalue weighted by atomic mass is 10.1. The van der Waals surface area contributed by atoms with Gasteiger partial charge in [0.05, 0.1) is 18.4 Å². The molecule has 0 saturated carbocycles. The maximum Gasteiger partial charge on any atom is 0.337 e. The number of sulfone groups is 1. The van der Waals surface area contributed by atoms with E-state index in [1.165, 1.54) is 19.2 Å². The molecule has 0 atom stereocenters. The number of hydrogen-bond acceptors (Lipinski definition) is 7. The molecule has 0 aliphatic rings. The second-order valence-corrected chi connectivity index (χ2v) is 9.65. The third kappa shape index (κ3) is 5.11. The van der Waals surface area contributed by atoms with E-state index in [0.717, 1.165) is 23.0 Å². The predicted molar refractivity (Wildman–Crippen MR) is 117 cm³/mol. The van der Waals surface area contributed by atoms with E-state index in [-0.39, 0.29) is 27.2 Å². The minimum absolute atomic E-state index is 0.0416. The van der Waals surface area contributed by atoms with Gasteiger partial charge in [-0.25, -0.2) is 22.0 Å². The van der Waals surface area contributed by atoms with E-state index in [1.807, 2.05) is 0 Å². The zero-order valence-corrected chi connectivity index (χ0v) is 20.0. The van der Waals surface area contributed by atoms with Gasteiger partial charge in [0.25, 0.3) is 5.56 Å². The molecule has 0 N–H and O–H groups in total. The number of halogens is 3. The van der Waals surface area contributed by atoms with Gasteiger partial charge >= 0.3 is 5.97 Å². The summed E-state index contributed by atoms with van der Waals surface area (Å²) in [4.78, 5) is 28.1. The molecule has 33 heavy (non-hydrogen) atoms. The highest BCUT2D eigenvalue weighted by Gasteiger charge is 2.26. The monoisotopic (exact) mass is 542 g/mol. The second kappa shape index (κ2) is 9.40. The molecule has 0 fully saturated rings. The number of esters is 1. The van der Waals surface area contributed by atoms with Crippen molar-refractivity contribution in [3.05, 3.63) is 79.5 Å². The average molecular weight is 543 g/mol. The summed E-state index contributed by atoms with van der Waals surface area (Å²) >= 11 is 3.06. The number of nitrogens with zero attached hydrogens (tertiary/aromatic N) is 2. The van der Waals surface area contributed by atoms with Gasteiger partial charge in [-0.2, -0.15) is 4.98 Å². The van der Waals surface area contributed by atoms with Crippen LogP contribution in [0.3, 0.4) is 0 Å². The Morgan fingerprint density at radius 1 is 1.18 bits per heavy atom. The number of rotatable bonds is 6. The molecule has 12 heteroatoms. The number of ether oxygens (including phenoxy) is 2. The number of hydrogen-bond donors (Lipinski definition) is 0. The van der Waals surface area contributed by atoms with Crippen molar-refractivity contribution in [1.29, 1.82) is 0 Å². The summed E-state index contributed by atoms with van der Waals surface area (Å²) < 4.78 is 63.5. The first-order valence-corrected chi connectivity index (χ1v) is 11.9. The second-order valence-electron chi connectivity index (χ2n) is 6.94. The number of carbonyl (C=O) groups is 1. The van der Waals surface area contributed by atoms with Gasteiger partial charge < -0.3 is 9.47 Å². The third-order valence-corrected chi connectivity index (χ3v) is 6.16. The summed E-state index contributed by atoms with van der Waals surface area (Å²) in [6.45, 7) is 1.17. The number of benzene rings is 2. The van der Waals surface area contributed by atoms with Crippen LogP contribution in [-0.2, 0) is 21.2 Å². The summed E-state index contributed by atoms with van der Waals surface area (Å²) in [7, 11) is -2.90. The summed E-state index contributed by atoms with van der Waals surface area (Å²) in [6.07, 6.45) is 0.849. The molecule has 0 radical (unpaired) electrons. The first-order valence-electron chi connectivity index (χ1n) is 9.22. The zero-order chi connectivity index (χ0) is 24.5. The molecule has 0 bridgehead atoms. The first-order chi connectivity index (χ1) is 15.4. The molecule has 1 heterocycles. The SMILES string of the molecule is COC(=O)c1ccc(C)c(-n2c(S(C)(=O)=O)nc(=O)c(Br)c2OCc2ccc(F)cc2F)c1. The average Bonchev–Trinajstić information content (AvgIpc) is 2.74. The molecule has 0 aliphatic heterocycles. The Morgan fingerprint density at radius 3 is 2.48 bits per heavy atom. The fourth-order valence-electron chi connectivity index (χ4n) is 2.93. The maximum absolute atomic E-state index is 14.1. The van der Waals surface area contributed by atoms with Gasteiger partial charge in [-0.3, -0.25) is 9.36 Å².